The molecule has 0 saturated carbocycles. The number of likely N-dealkylation sites (tertiary alicyclic amines) is 1. The Morgan fingerprint density at radius 2 is 1.78 bits per heavy atom. The molecule has 0 bridgehead atoms. The number of phenolic OH excluding ortho intramolecular Hbond substituents is 2. The van der Waals surface area contributed by atoms with Gasteiger partial charge >= 0.3 is 0 Å². The molecule has 1 aliphatic rings. The number of nitrogens with zero attached hydrogens (tertiary/aromatic N) is 1. The van der Waals surface area contributed by atoms with Gasteiger partial charge in [-0.1, -0.05) is 6.92 Å². The fourth-order valence-corrected chi connectivity index (χ4v) is 2.74. The molecule has 100 valence electrons. The molecule has 18 heavy (non-hydrogen) atoms. The van der Waals surface area contributed by atoms with Crippen LogP contribution in [0.5, 0.6) is 11.5 Å². The van der Waals surface area contributed by atoms with E-state index in [4.69, 9.17) is 0 Å². The molecule has 2 rings (SSSR count). The van der Waals surface area contributed by atoms with Crippen LogP contribution in [0.4, 0.5) is 0 Å². The maximum atomic E-state index is 9.56. The Labute approximate surface area is 109 Å². The van der Waals surface area contributed by atoms with Crippen LogP contribution < -0.4 is 0 Å². The molecule has 1 heterocycles. The van der Waals surface area contributed by atoms with Gasteiger partial charge in [0.15, 0.2) is 0 Å². The lowest BCUT2D eigenvalue weighted by Gasteiger charge is -2.28. The minimum absolute atomic E-state index is 0.139. The number of phenols is 2. The number of rotatable bonds is 2. The summed E-state index contributed by atoms with van der Waals surface area (Å²) in [4.78, 5) is 2.44. The van der Waals surface area contributed by atoms with Gasteiger partial charge in [0.2, 0.25) is 0 Å². The van der Waals surface area contributed by atoms with Crippen LogP contribution in [0.1, 0.15) is 44.7 Å². The largest absolute Gasteiger partial charge is 0.508 e. The smallest absolute Gasteiger partial charge is 0.119 e. The normalized spacial score (nSPS) is 23.6. The van der Waals surface area contributed by atoms with Crippen molar-refractivity contribution in [2.75, 3.05) is 13.1 Å². The second-order valence-corrected chi connectivity index (χ2v) is 5.53. The highest BCUT2D eigenvalue weighted by Gasteiger charge is 2.20. The number of hydrogen-bond acceptors (Lipinski definition) is 3. The zero-order valence-corrected chi connectivity index (χ0v) is 11.3. The molecule has 1 saturated heterocycles. The van der Waals surface area contributed by atoms with Crippen molar-refractivity contribution in [3.63, 3.8) is 0 Å². The van der Waals surface area contributed by atoms with Crippen LogP contribution in [-0.4, -0.2) is 28.2 Å². The van der Waals surface area contributed by atoms with E-state index < -0.39 is 0 Å². The number of benzene rings is 1. The van der Waals surface area contributed by atoms with Crippen molar-refractivity contribution in [1.29, 1.82) is 0 Å². The van der Waals surface area contributed by atoms with Crippen molar-refractivity contribution >= 4 is 0 Å². The van der Waals surface area contributed by atoms with Crippen LogP contribution in [-0.2, 0) is 0 Å². The summed E-state index contributed by atoms with van der Waals surface area (Å²) in [6.07, 6.45) is 3.76. The van der Waals surface area contributed by atoms with Crippen molar-refractivity contribution < 1.29 is 10.2 Å². The van der Waals surface area contributed by atoms with Gasteiger partial charge in [0, 0.05) is 12.1 Å². The summed E-state index contributed by atoms with van der Waals surface area (Å²) in [6, 6.07) is 5.12. The van der Waals surface area contributed by atoms with Crippen molar-refractivity contribution in [3.8, 4) is 11.5 Å². The molecule has 1 aromatic carbocycles. The maximum absolute atomic E-state index is 9.56. The minimum Gasteiger partial charge on any atom is -0.508 e. The third-order valence-corrected chi connectivity index (χ3v) is 4.01. The zero-order chi connectivity index (χ0) is 13.1. The van der Waals surface area contributed by atoms with Crippen LogP contribution in [0.2, 0.25) is 0 Å². The highest BCUT2D eigenvalue weighted by atomic mass is 16.3. The van der Waals surface area contributed by atoms with E-state index in [1.54, 1.807) is 12.1 Å². The Morgan fingerprint density at radius 1 is 1.11 bits per heavy atom. The molecule has 1 aliphatic heterocycles. The van der Waals surface area contributed by atoms with Crippen molar-refractivity contribution in [2.45, 2.75) is 39.2 Å². The fourth-order valence-electron chi connectivity index (χ4n) is 2.74. The molecule has 1 aromatic rings. The topological polar surface area (TPSA) is 43.7 Å². The molecule has 3 heteroatoms. The summed E-state index contributed by atoms with van der Waals surface area (Å²) >= 11 is 0. The first-order chi connectivity index (χ1) is 8.56. The summed E-state index contributed by atoms with van der Waals surface area (Å²) in [5, 5.41) is 19.1. The summed E-state index contributed by atoms with van der Waals surface area (Å²) in [5.41, 5.74) is 0.988. The Kier molecular flexibility index (Phi) is 4.12. The molecule has 0 amide bonds. The van der Waals surface area contributed by atoms with Crippen LogP contribution >= 0.6 is 0 Å². The predicted octanol–water partition coefficient (Wildman–Crippen LogP) is 3.28. The highest BCUT2D eigenvalue weighted by molar-refractivity contribution is 5.38. The van der Waals surface area contributed by atoms with Crippen LogP contribution in [0.3, 0.4) is 0 Å². The minimum atomic E-state index is 0.139. The molecule has 1 fully saturated rings. The summed E-state index contributed by atoms with van der Waals surface area (Å²) < 4.78 is 0. The van der Waals surface area contributed by atoms with Gasteiger partial charge in [0.05, 0.1) is 0 Å². The number of hydrogen-bond donors (Lipinski definition) is 2. The number of aromatic hydroxyl groups is 2. The van der Waals surface area contributed by atoms with Crippen molar-refractivity contribution in [3.05, 3.63) is 23.8 Å². The van der Waals surface area contributed by atoms with Crippen LogP contribution in [0.25, 0.3) is 0 Å². The third kappa shape index (κ3) is 3.16. The standard InChI is InChI=1S/C15H23NO2/c1-11-4-3-6-16(7-5-11)12(2)13-8-14(17)10-15(18)9-13/h8-12,17-18H,3-7H2,1-2H3. The second kappa shape index (κ2) is 5.61. The van der Waals surface area contributed by atoms with Crippen LogP contribution in [0.15, 0.2) is 18.2 Å². The first kappa shape index (κ1) is 13.2. The second-order valence-electron chi connectivity index (χ2n) is 5.53. The van der Waals surface area contributed by atoms with Gasteiger partial charge in [0.1, 0.15) is 11.5 Å². The van der Waals surface area contributed by atoms with E-state index in [9.17, 15) is 10.2 Å². The van der Waals surface area contributed by atoms with Crippen molar-refractivity contribution in [1.82, 2.24) is 4.90 Å². The highest BCUT2D eigenvalue weighted by Crippen LogP contribution is 2.30. The quantitative estimate of drug-likeness (QED) is 0.845. The average molecular weight is 249 g/mol. The van der Waals surface area contributed by atoms with E-state index >= 15 is 0 Å². The van der Waals surface area contributed by atoms with Gasteiger partial charge in [-0.3, -0.25) is 4.90 Å². The lowest BCUT2D eigenvalue weighted by molar-refractivity contribution is 0.216. The van der Waals surface area contributed by atoms with Gasteiger partial charge in [-0.05, 0) is 62.9 Å². The van der Waals surface area contributed by atoms with Gasteiger partial charge in [0.25, 0.3) is 0 Å². The van der Waals surface area contributed by atoms with E-state index in [2.05, 4.69) is 18.7 Å². The summed E-state index contributed by atoms with van der Waals surface area (Å²) in [5.74, 6) is 1.08. The van der Waals surface area contributed by atoms with E-state index in [0.29, 0.717) is 0 Å². The molecule has 0 radical (unpaired) electrons. The summed E-state index contributed by atoms with van der Waals surface area (Å²) in [6.45, 7) is 6.65. The Balaban J connectivity index is 2.12. The van der Waals surface area contributed by atoms with Crippen molar-refractivity contribution in [2.24, 2.45) is 5.92 Å². The van der Waals surface area contributed by atoms with E-state index in [1.165, 1.54) is 25.3 Å². The third-order valence-electron chi connectivity index (χ3n) is 4.01. The van der Waals surface area contributed by atoms with Gasteiger partial charge in [-0.15, -0.1) is 0 Å². The lowest BCUT2D eigenvalue weighted by Crippen LogP contribution is -2.28. The molecular weight excluding hydrogens is 226 g/mol. The first-order valence-electron chi connectivity index (χ1n) is 6.83. The predicted molar refractivity (Wildman–Crippen MR) is 72.8 cm³/mol. The lowest BCUT2D eigenvalue weighted by atomic mass is 10.0. The maximum Gasteiger partial charge on any atom is 0.119 e. The molecule has 0 aliphatic carbocycles. The Bertz CT molecular complexity index is 385. The van der Waals surface area contributed by atoms with Gasteiger partial charge in [-0.25, -0.2) is 0 Å². The molecular formula is C15H23NO2. The zero-order valence-electron chi connectivity index (χ0n) is 11.3. The molecule has 0 aromatic heterocycles. The molecule has 2 atom stereocenters. The van der Waals surface area contributed by atoms with Crippen LogP contribution in [0, 0.1) is 5.92 Å². The molecule has 2 N–H and O–H groups in total. The van der Waals surface area contributed by atoms with E-state index in [-0.39, 0.29) is 17.5 Å². The monoisotopic (exact) mass is 249 g/mol. The summed E-state index contributed by atoms with van der Waals surface area (Å²) in [7, 11) is 0. The fraction of sp³-hybridized carbons (Fsp3) is 0.600. The van der Waals surface area contributed by atoms with Gasteiger partial charge in [-0.2, -0.15) is 0 Å². The molecule has 0 spiro atoms. The Morgan fingerprint density at radius 3 is 2.44 bits per heavy atom. The SMILES string of the molecule is CC1CCCN(C(C)c2cc(O)cc(O)c2)CC1. The molecule has 2 unspecified atom stereocenters. The van der Waals surface area contributed by atoms with E-state index in [1.807, 2.05) is 0 Å². The first-order valence-corrected chi connectivity index (χ1v) is 6.83. The Hall–Kier alpha value is -1.22. The average Bonchev–Trinajstić information content (AvgIpc) is 2.52. The van der Waals surface area contributed by atoms with Gasteiger partial charge < -0.3 is 10.2 Å². The molecule has 3 nitrogen and oxygen atoms in total. The van der Waals surface area contributed by atoms with E-state index in [0.717, 1.165) is 24.6 Å².